The van der Waals surface area contributed by atoms with Gasteiger partial charge in [0.2, 0.25) is 0 Å². The van der Waals surface area contributed by atoms with Crippen molar-refractivity contribution in [2.75, 3.05) is 13.1 Å². The van der Waals surface area contributed by atoms with Crippen molar-refractivity contribution < 1.29 is 14.3 Å². The SMILES string of the molecule is CCc1occc1C(=O)N1CC[C@H](O)C1. The van der Waals surface area contributed by atoms with Crippen molar-refractivity contribution in [1.82, 2.24) is 4.90 Å². The van der Waals surface area contributed by atoms with Crippen molar-refractivity contribution in [3.8, 4) is 0 Å². The minimum absolute atomic E-state index is 0.0304. The predicted molar refractivity (Wildman–Crippen MR) is 54.6 cm³/mol. The van der Waals surface area contributed by atoms with Gasteiger partial charge in [-0.2, -0.15) is 0 Å². The fourth-order valence-corrected chi connectivity index (χ4v) is 1.90. The topological polar surface area (TPSA) is 53.7 Å². The average molecular weight is 209 g/mol. The van der Waals surface area contributed by atoms with Gasteiger partial charge in [0.25, 0.3) is 5.91 Å². The Bertz CT molecular complexity index is 358. The van der Waals surface area contributed by atoms with E-state index in [1.54, 1.807) is 17.2 Å². The summed E-state index contributed by atoms with van der Waals surface area (Å²) in [5.74, 6) is 0.693. The lowest BCUT2D eigenvalue weighted by Crippen LogP contribution is -2.29. The van der Waals surface area contributed by atoms with Gasteiger partial charge in [0.15, 0.2) is 0 Å². The third-order valence-electron chi connectivity index (χ3n) is 2.75. The molecule has 82 valence electrons. The smallest absolute Gasteiger partial charge is 0.257 e. The Morgan fingerprint density at radius 2 is 2.53 bits per heavy atom. The number of carbonyl (C=O) groups is 1. The molecule has 1 aliphatic rings. The lowest BCUT2D eigenvalue weighted by Gasteiger charge is -2.14. The molecule has 2 heterocycles. The summed E-state index contributed by atoms with van der Waals surface area (Å²) in [6.45, 7) is 3.02. The molecule has 1 N–H and O–H groups in total. The molecule has 0 unspecified atom stereocenters. The first-order chi connectivity index (χ1) is 7.22. The minimum Gasteiger partial charge on any atom is -0.469 e. The molecule has 0 bridgehead atoms. The molecule has 0 aromatic carbocycles. The summed E-state index contributed by atoms with van der Waals surface area (Å²) in [6, 6.07) is 1.70. The normalized spacial score (nSPS) is 20.9. The number of aryl methyl sites for hydroxylation is 1. The maximum atomic E-state index is 12.0. The summed E-state index contributed by atoms with van der Waals surface area (Å²) in [7, 11) is 0. The molecule has 2 rings (SSSR count). The average Bonchev–Trinajstić information content (AvgIpc) is 2.84. The number of amides is 1. The lowest BCUT2D eigenvalue weighted by atomic mass is 10.2. The molecule has 0 spiro atoms. The third-order valence-corrected chi connectivity index (χ3v) is 2.75. The minimum atomic E-state index is -0.370. The summed E-state index contributed by atoms with van der Waals surface area (Å²) in [4.78, 5) is 13.7. The van der Waals surface area contributed by atoms with Gasteiger partial charge in [0, 0.05) is 19.5 Å². The monoisotopic (exact) mass is 209 g/mol. The number of hydrogen-bond donors (Lipinski definition) is 1. The summed E-state index contributed by atoms with van der Waals surface area (Å²) in [6.07, 6.45) is 2.56. The summed E-state index contributed by atoms with van der Waals surface area (Å²) in [5.41, 5.74) is 0.631. The second-order valence-electron chi connectivity index (χ2n) is 3.80. The van der Waals surface area contributed by atoms with Gasteiger partial charge >= 0.3 is 0 Å². The van der Waals surface area contributed by atoms with E-state index in [4.69, 9.17) is 4.42 Å². The number of aliphatic hydroxyl groups excluding tert-OH is 1. The van der Waals surface area contributed by atoms with Crippen molar-refractivity contribution in [2.24, 2.45) is 0 Å². The third kappa shape index (κ3) is 1.90. The first kappa shape index (κ1) is 10.2. The number of nitrogens with zero attached hydrogens (tertiary/aromatic N) is 1. The molecule has 1 atom stereocenters. The largest absolute Gasteiger partial charge is 0.469 e. The van der Waals surface area contributed by atoms with E-state index in [1.165, 1.54) is 0 Å². The van der Waals surface area contributed by atoms with E-state index in [2.05, 4.69) is 0 Å². The zero-order chi connectivity index (χ0) is 10.8. The van der Waals surface area contributed by atoms with Gasteiger partial charge in [-0.25, -0.2) is 0 Å². The highest BCUT2D eigenvalue weighted by atomic mass is 16.3. The molecule has 1 aliphatic heterocycles. The Morgan fingerprint density at radius 1 is 1.73 bits per heavy atom. The van der Waals surface area contributed by atoms with Crippen molar-refractivity contribution in [2.45, 2.75) is 25.9 Å². The Labute approximate surface area is 88.5 Å². The van der Waals surface area contributed by atoms with Crippen molar-refractivity contribution >= 4 is 5.91 Å². The molecule has 1 aromatic heterocycles. The lowest BCUT2D eigenvalue weighted by molar-refractivity contribution is 0.0763. The molecule has 0 aliphatic carbocycles. The Balaban J connectivity index is 2.14. The molecule has 4 nitrogen and oxygen atoms in total. The van der Waals surface area contributed by atoms with Crippen LogP contribution in [0.15, 0.2) is 16.7 Å². The van der Waals surface area contributed by atoms with Crippen LogP contribution in [0.3, 0.4) is 0 Å². The molecular weight excluding hydrogens is 194 g/mol. The van der Waals surface area contributed by atoms with E-state index < -0.39 is 0 Å². The van der Waals surface area contributed by atoms with E-state index >= 15 is 0 Å². The highest BCUT2D eigenvalue weighted by Gasteiger charge is 2.27. The van der Waals surface area contributed by atoms with Gasteiger partial charge in [-0.1, -0.05) is 6.92 Å². The van der Waals surface area contributed by atoms with Crippen LogP contribution in [-0.4, -0.2) is 35.1 Å². The predicted octanol–water partition coefficient (Wildman–Crippen LogP) is 1.05. The number of aliphatic hydroxyl groups is 1. The Hall–Kier alpha value is -1.29. The van der Waals surface area contributed by atoms with Crippen LogP contribution in [0, 0.1) is 0 Å². The van der Waals surface area contributed by atoms with Gasteiger partial charge in [-0.05, 0) is 12.5 Å². The van der Waals surface area contributed by atoms with Gasteiger partial charge in [0.1, 0.15) is 5.76 Å². The van der Waals surface area contributed by atoms with Gasteiger partial charge < -0.3 is 14.4 Å². The zero-order valence-electron chi connectivity index (χ0n) is 8.77. The number of likely N-dealkylation sites (tertiary alicyclic amines) is 1. The first-order valence-corrected chi connectivity index (χ1v) is 5.26. The standard InChI is InChI=1S/C11H15NO3/c1-2-10-9(4-6-15-10)11(14)12-5-3-8(13)7-12/h4,6,8,13H,2-3,5,7H2,1H3/t8-/m0/s1. The fraction of sp³-hybridized carbons (Fsp3) is 0.545. The van der Waals surface area contributed by atoms with E-state index in [9.17, 15) is 9.90 Å². The van der Waals surface area contributed by atoms with Gasteiger partial charge in [-0.3, -0.25) is 4.79 Å². The van der Waals surface area contributed by atoms with E-state index in [0.29, 0.717) is 31.5 Å². The molecule has 1 aromatic rings. The molecule has 1 fully saturated rings. The fourth-order valence-electron chi connectivity index (χ4n) is 1.90. The maximum absolute atomic E-state index is 12.0. The number of furan rings is 1. The number of β-amino-alcohol motifs (C(OH)–C–C–N with tert-alkyl or cyclic N) is 1. The molecule has 0 radical (unpaired) electrons. The number of carbonyl (C=O) groups excluding carboxylic acids is 1. The molecule has 1 amide bonds. The number of rotatable bonds is 2. The van der Waals surface area contributed by atoms with Crippen LogP contribution >= 0.6 is 0 Å². The summed E-state index contributed by atoms with van der Waals surface area (Å²) in [5, 5.41) is 9.36. The second kappa shape index (κ2) is 4.06. The molecule has 1 saturated heterocycles. The highest BCUT2D eigenvalue weighted by Crippen LogP contribution is 2.17. The first-order valence-electron chi connectivity index (χ1n) is 5.26. The van der Waals surface area contributed by atoms with Gasteiger partial charge in [-0.15, -0.1) is 0 Å². The maximum Gasteiger partial charge on any atom is 0.257 e. The van der Waals surface area contributed by atoms with E-state index in [1.807, 2.05) is 6.92 Å². The van der Waals surface area contributed by atoms with E-state index in [-0.39, 0.29) is 12.0 Å². The zero-order valence-corrected chi connectivity index (χ0v) is 8.77. The van der Waals surface area contributed by atoms with E-state index in [0.717, 1.165) is 5.76 Å². The molecular formula is C11H15NO3. The highest BCUT2D eigenvalue weighted by molar-refractivity contribution is 5.95. The van der Waals surface area contributed by atoms with Crippen molar-refractivity contribution in [3.05, 3.63) is 23.7 Å². The van der Waals surface area contributed by atoms with Crippen molar-refractivity contribution in [1.29, 1.82) is 0 Å². The summed E-state index contributed by atoms with van der Waals surface area (Å²) < 4.78 is 5.21. The number of hydrogen-bond acceptors (Lipinski definition) is 3. The second-order valence-corrected chi connectivity index (χ2v) is 3.80. The van der Waals surface area contributed by atoms with Crippen LogP contribution in [0.25, 0.3) is 0 Å². The Morgan fingerprint density at radius 3 is 3.13 bits per heavy atom. The molecule has 4 heteroatoms. The van der Waals surface area contributed by atoms with Crippen LogP contribution in [-0.2, 0) is 6.42 Å². The van der Waals surface area contributed by atoms with Crippen LogP contribution in [0.1, 0.15) is 29.5 Å². The molecule has 15 heavy (non-hydrogen) atoms. The van der Waals surface area contributed by atoms with Crippen LogP contribution in [0.4, 0.5) is 0 Å². The van der Waals surface area contributed by atoms with Crippen molar-refractivity contribution in [3.63, 3.8) is 0 Å². The van der Waals surface area contributed by atoms with Crippen LogP contribution in [0.5, 0.6) is 0 Å². The Kier molecular flexibility index (Phi) is 2.77. The summed E-state index contributed by atoms with van der Waals surface area (Å²) >= 11 is 0. The molecule has 0 saturated carbocycles. The van der Waals surface area contributed by atoms with Crippen LogP contribution in [0.2, 0.25) is 0 Å². The van der Waals surface area contributed by atoms with Crippen LogP contribution < -0.4 is 0 Å². The quantitative estimate of drug-likeness (QED) is 0.792. The van der Waals surface area contributed by atoms with Gasteiger partial charge in [0.05, 0.1) is 17.9 Å².